The quantitative estimate of drug-likeness (QED) is 0.118. The van der Waals surface area contributed by atoms with E-state index in [0.717, 1.165) is 6.07 Å². The molecular weight excluding hydrogens is 651 g/mol. The van der Waals surface area contributed by atoms with Gasteiger partial charge in [-0.25, -0.2) is 9.67 Å². The van der Waals surface area contributed by atoms with Crippen LogP contribution in [0.15, 0.2) is 115 Å². The number of hydrogen-bond acceptors (Lipinski definition) is 8. The van der Waals surface area contributed by atoms with E-state index in [1.54, 1.807) is 42.5 Å². The Labute approximate surface area is 279 Å². The zero-order valence-corrected chi connectivity index (χ0v) is 26.7. The number of carbonyl (C=O) groups excluding carboxylic acids is 1. The first-order valence-electron chi connectivity index (χ1n) is 14.3. The second-order valence-electron chi connectivity index (χ2n) is 10.2. The van der Waals surface area contributed by atoms with Crippen LogP contribution in [0.2, 0.25) is 5.02 Å². The highest BCUT2D eigenvalue weighted by Gasteiger charge is 2.39. The standard InChI is InChI=1S/C18H15ClF3N3O2.C16H16N2O3/c1-17(26,9-25-11-23-10-24-25)15-7-6-14(8-16(15)18(20,21)22)27-13-4-2-12(19)3-5-13;1-17-16(19)15(18-20-2)13-10-6-7-11-14(13)21-12-8-4-3-5-9-12/h2-8,10-11,26H,9H2,1H3;3-11H,1-2H3,(H,17,19)/b;18-15+. The van der Waals surface area contributed by atoms with Crippen LogP contribution in [0.4, 0.5) is 13.2 Å². The lowest BCUT2D eigenvalue weighted by Gasteiger charge is -2.27. The molecule has 5 aromatic rings. The van der Waals surface area contributed by atoms with Crippen molar-refractivity contribution in [1.29, 1.82) is 0 Å². The van der Waals surface area contributed by atoms with Crippen LogP contribution in [0.25, 0.3) is 0 Å². The van der Waals surface area contributed by atoms with Crippen molar-refractivity contribution in [2.45, 2.75) is 25.2 Å². The molecule has 0 radical (unpaired) electrons. The number of nitrogens with one attached hydrogen (secondary N) is 1. The summed E-state index contributed by atoms with van der Waals surface area (Å²) in [5.74, 6) is 1.20. The zero-order chi connectivity index (χ0) is 34.7. The molecule has 4 aromatic carbocycles. The number of likely N-dealkylation sites (N-methyl/N-ethyl adjacent to an activating group) is 1. The number of oxime groups is 1. The van der Waals surface area contributed by atoms with Crippen LogP contribution < -0.4 is 14.8 Å². The summed E-state index contributed by atoms with van der Waals surface area (Å²) in [5, 5.41) is 21.3. The van der Waals surface area contributed by atoms with Crippen molar-refractivity contribution in [2.75, 3.05) is 14.2 Å². The molecular formula is C34H31ClF3N5O5. The molecule has 1 amide bonds. The molecule has 2 N–H and O–H groups in total. The summed E-state index contributed by atoms with van der Waals surface area (Å²) in [7, 11) is 2.93. The maximum Gasteiger partial charge on any atom is 0.416 e. The first-order chi connectivity index (χ1) is 22.9. The number of amides is 1. The minimum atomic E-state index is -4.68. The Morgan fingerprint density at radius 1 is 0.917 bits per heavy atom. The zero-order valence-electron chi connectivity index (χ0n) is 26.0. The number of aliphatic hydroxyl groups is 1. The van der Waals surface area contributed by atoms with Gasteiger partial charge in [-0.3, -0.25) is 4.79 Å². The van der Waals surface area contributed by atoms with Gasteiger partial charge in [0.1, 0.15) is 48.4 Å². The van der Waals surface area contributed by atoms with Gasteiger partial charge in [-0.2, -0.15) is 18.3 Å². The molecule has 0 aliphatic carbocycles. The molecule has 0 saturated heterocycles. The average molecular weight is 682 g/mol. The minimum Gasteiger partial charge on any atom is -0.457 e. The van der Waals surface area contributed by atoms with E-state index in [9.17, 15) is 23.1 Å². The Hall–Kier alpha value is -5.40. The number of ether oxygens (including phenoxy) is 2. The van der Waals surface area contributed by atoms with Gasteiger partial charge in [0.15, 0.2) is 5.71 Å². The van der Waals surface area contributed by atoms with Crippen LogP contribution in [0.3, 0.4) is 0 Å². The van der Waals surface area contributed by atoms with Gasteiger partial charge in [0.25, 0.3) is 5.91 Å². The number of alkyl halides is 3. The van der Waals surface area contributed by atoms with Gasteiger partial charge in [0.2, 0.25) is 0 Å². The molecule has 250 valence electrons. The molecule has 1 atom stereocenters. The predicted molar refractivity (Wildman–Crippen MR) is 173 cm³/mol. The first kappa shape index (κ1) is 35.5. The molecule has 1 unspecified atom stereocenters. The maximum absolute atomic E-state index is 13.6. The van der Waals surface area contributed by atoms with Gasteiger partial charge in [-0.15, -0.1) is 0 Å². The van der Waals surface area contributed by atoms with Crippen molar-refractivity contribution >= 4 is 23.2 Å². The summed E-state index contributed by atoms with van der Waals surface area (Å²) in [6.07, 6.45) is -2.12. The van der Waals surface area contributed by atoms with Crippen molar-refractivity contribution < 1.29 is 37.4 Å². The third-order valence-electron chi connectivity index (χ3n) is 6.60. The van der Waals surface area contributed by atoms with Crippen molar-refractivity contribution in [2.24, 2.45) is 5.16 Å². The van der Waals surface area contributed by atoms with Gasteiger partial charge in [0, 0.05) is 12.1 Å². The molecule has 48 heavy (non-hydrogen) atoms. The Morgan fingerprint density at radius 2 is 1.56 bits per heavy atom. The molecule has 5 rings (SSSR count). The summed E-state index contributed by atoms with van der Waals surface area (Å²) >= 11 is 5.79. The maximum atomic E-state index is 13.6. The average Bonchev–Trinajstić information content (AvgIpc) is 3.57. The third kappa shape index (κ3) is 9.56. The van der Waals surface area contributed by atoms with Gasteiger partial charge in [-0.1, -0.05) is 53.2 Å². The highest BCUT2D eigenvalue weighted by Crippen LogP contribution is 2.40. The monoisotopic (exact) mass is 681 g/mol. The molecule has 1 heterocycles. The normalized spacial score (nSPS) is 12.6. The van der Waals surface area contributed by atoms with Crippen molar-refractivity contribution in [3.8, 4) is 23.0 Å². The van der Waals surface area contributed by atoms with Crippen molar-refractivity contribution in [1.82, 2.24) is 20.1 Å². The first-order valence-corrected chi connectivity index (χ1v) is 14.6. The second-order valence-corrected chi connectivity index (χ2v) is 10.7. The number of hydrogen-bond donors (Lipinski definition) is 2. The molecule has 0 aliphatic rings. The molecule has 0 fully saturated rings. The Bertz CT molecular complexity index is 1820. The Kier molecular flexibility index (Phi) is 11.8. The number of benzene rings is 4. The number of halogens is 4. The minimum absolute atomic E-state index is 0.00930. The lowest BCUT2D eigenvalue weighted by Crippen LogP contribution is -2.31. The number of aromatic nitrogens is 3. The van der Waals surface area contributed by atoms with E-state index in [1.807, 2.05) is 36.4 Å². The van der Waals surface area contributed by atoms with E-state index < -0.39 is 17.3 Å². The van der Waals surface area contributed by atoms with Crippen LogP contribution in [0, 0.1) is 0 Å². The summed E-state index contributed by atoms with van der Waals surface area (Å²) in [4.78, 5) is 20.4. The largest absolute Gasteiger partial charge is 0.457 e. The lowest BCUT2D eigenvalue weighted by molar-refractivity contribution is -0.140. The number of carbonyl (C=O) groups is 1. The second kappa shape index (κ2) is 15.9. The Balaban J connectivity index is 0.000000224. The van der Waals surface area contributed by atoms with E-state index in [2.05, 4.69) is 20.6 Å². The number of rotatable bonds is 10. The topological polar surface area (TPSA) is 120 Å². The van der Waals surface area contributed by atoms with E-state index in [1.165, 1.54) is 50.6 Å². The van der Waals surface area contributed by atoms with Crippen LogP contribution in [0.5, 0.6) is 23.0 Å². The Morgan fingerprint density at radius 3 is 2.19 bits per heavy atom. The van der Waals surface area contributed by atoms with Gasteiger partial charge >= 0.3 is 6.18 Å². The van der Waals surface area contributed by atoms with Crippen molar-refractivity contribution in [3.63, 3.8) is 0 Å². The van der Waals surface area contributed by atoms with E-state index >= 15 is 0 Å². The summed E-state index contributed by atoms with van der Waals surface area (Å²) in [6.45, 7) is 1.10. The molecule has 14 heteroatoms. The lowest BCUT2D eigenvalue weighted by atomic mass is 9.90. The number of para-hydroxylation sites is 2. The summed E-state index contributed by atoms with van der Waals surface area (Å²) in [6, 6.07) is 26.2. The fraction of sp³-hybridized carbons (Fsp3) is 0.176. The van der Waals surface area contributed by atoms with E-state index in [-0.39, 0.29) is 29.5 Å². The van der Waals surface area contributed by atoms with Crippen LogP contribution >= 0.6 is 11.6 Å². The highest BCUT2D eigenvalue weighted by molar-refractivity contribution is 6.45. The van der Waals surface area contributed by atoms with Crippen LogP contribution in [-0.4, -0.2) is 45.6 Å². The van der Waals surface area contributed by atoms with Crippen LogP contribution in [0.1, 0.15) is 23.6 Å². The van der Waals surface area contributed by atoms with Gasteiger partial charge in [0.05, 0.1) is 17.7 Å². The summed E-state index contributed by atoms with van der Waals surface area (Å²) in [5.41, 5.74) is -2.38. The molecule has 10 nitrogen and oxygen atoms in total. The van der Waals surface area contributed by atoms with E-state index in [4.69, 9.17) is 25.9 Å². The van der Waals surface area contributed by atoms with Gasteiger partial charge < -0.3 is 24.7 Å². The molecule has 0 bridgehead atoms. The molecule has 0 saturated carbocycles. The van der Waals surface area contributed by atoms with E-state index in [0.29, 0.717) is 27.8 Å². The smallest absolute Gasteiger partial charge is 0.416 e. The molecule has 0 spiro atoms. The number of nitrogens with zero attached hydrogens (tertiary/aromatic N) is 4. The van der Waals surface area contributed by atoms with Crippen molar-refractivity contribution in [3.05, 3.63) is 131 Å². The fourth-order valence-electron chi connectivity index (χ4n) is 4.43. The van der Waals surface area contributed by atoms with Crippen LogP contribution in [-0.2, 0) is 28.0 Å². The predicted octanol–water partition coefficient (Wildman–Crippen LogP) is 7.23. The summed E-state index contributed by atoms with van der Waals surface area (Å²) < 4.78 is 53.4. The SMILES string of the molecule is CC(O)(Cn1cncn1)c1ccc(Oc2ccc(Cl)cc2)cc1C(F)(F)F.CNC(=O)/C(=N/OC)c1ccccc1Oc1ccccc1. The third-order valence-corrected chi connectivity index (χ3v) is 6.85. The molecule has 0 aliphatic heterocycles. The fourth-order valence-corrected chi connectivity index (χ4v) is 4.56. The van der Waals surface area contributed by atoms with Gasteiger partial charge in [-0.05, 0) is 73.2 Å². The molecule has 1 aromatic heterocycles. The highest BCUT2D eigenvalue weighted by atomic mass is 35.5.